The number of nitrogens with one attached hydrogen (secondary N) is 1. The van der Waals surface area contributed by atoms with Gasteiger partial charge in [0.25, 0.3) is 5.91 Å². The van der Waals surface area contributed by atoms with Crippen molar-refractivity contribution >= 4 is 58.3 Å². The van der Waals surface area contributed by atoms with E-state index in [0.29, 0.717) is 46.9 Å². The Hall–Kier alpha value is -2.88. The molecule has 0 saturated carbocycles. The number of halogens is 3. The van der Waals surface area contributed by atoms with Crippen molar-refractivity contribution in [3.63, 3.8) is 0 Å². The molecular formula is C24H22Cl2FN5O2S. The van der Waals surface area contributed by atoms with E-state index in [9.17, 15) is 14.0 Å². The van der Waals surface area contributed by atoms with Crippen molar-refractivity contribution in [1.29, 1.82) is 0 Å². The Balaban J connectivity index is 1.36. The Kier molecular flexibility index (Phi) is 8.10. The number of hydrogen-bond donors (Lipinski definition) is 1. The molecule has 1 saturated heterocycles. The molecule has 182 valence electrons. The maximum absolute atomic E-state index is 13.0. The lowest BCUT2D eigenvalue weighted by Gasteiger charge is -2.40. The van der Waals surface area contributed by atoms with Gasteiger partial charge in [0.2, 0.25) is 5.91 Å². The molecule has 0 radical (unpaired) electrons. The molecular weight excluding hydrogens is 512 g/mol. The molecule has 1 aliphatic heterocycles. The van der Waals surface area contributed by atoms with Crippen molar-refractivity contribution in [3.8, 4) is 0 Å². The van der Waals surface area contributed by atoms with Gasteiger partial charge in [-0.3, -0.25) is 9.59 Å². The molecule has 1 fully saturated rings. The van der Waals surface area contributed by atoms with Gasteiger partial charge < -0.3 is 15.1 Å². The number of carbonyl (C=O) groups is 2. The number of thioether (sulfide) groups is 1. The van der Waals surface area contributed by atoms with Gasteiger partial charge in [-0.2, -0.15) is 0 Å². The zero-order valence-electron chi connectivity index (χ0n) is 18.7. The van der Waals surface area contributed by atoms with Crippen LogP contribution in [0.25, 0.3) is 0 Å². The maximum atomic E-state index is 13.0. The second-order valence-electron chi connectivity index (χ2n) is 7.98. The Morgan fingerprint density at radius 3 is 2.49 bits per heavy atom. The summed E-state index contributed by atoms with van der Waals surface area (Å²) in [6, 6.07) is 14.0. The zero-order chi connectivity index (χ0) is 24.9. The summed E-state index contributed by atoms with van der Waals surface area (Å²) >= 11 is 13.3. The van der Waals surface area contributed by atoms with Gasteiger partial charge >= 0.3 is 0 Å². The summed E-state index contributed by atoms with van der Waals surface area (Å²) in [5.41, 5.74) is 1.10. The lowest BCUT2D eigenvalue weighted by atomic mass is 10.1. The standard InChI is InChI=1S/C24H22Cl2FN5O2S/c1-15-13-31(10-11-32(15)23(34)16-2-4-17(25)5-3-16)21-12-20(26)29-24(30-21)35-14-22(33)28-19-8-6-18(27)7-9-19/h2-9,12,15H,10-11,13-14H2,1H3,(H,28,33). The third-order valence-corrected chi connectivity index (χ3v) is 6.72. The molecule has 2 aromatic carbocycles. The normalized spacial score (nSPS) is 15.7. The molecule has 1 N–H and O–H groups in total. The van der Waals surface area contributed by atoms with E-state index < -0.39 is 0 Å². The van der Waals surface area contributed by atoms with Crippen molar-refractivity contribution in [1.82, 2.24) is 14.9 Å². The van der Waals surface area contributed by atoms with Gasteiger partial charge in [0.15, 0.2) is 5.16 Å². The third kappa shape index (κ3) is 6.62. The first kappa shape index (κ1) is 25.2. The number of carbonyl (C=O) groups excluding carboxylic acids is 2. The molecule has 2 amide bonds. The highest BCUT2D eigenvalue weighted by Crippen LogP contribution is 2.25. The van der Waals surface area contributed by atoms with Crippen molar-refractivity contribution < 1.29 is 14.0 Å². The van der Waals surface area contributed by atoms with Crippen LogP contribution in [0.15, 0.2) is 59.8 Å². The topological polar surface area (TPSA) is 78.4 Å². The quantitative estimate of drug-likeness (QED) is 0.272. The molecule has 1 aliphatic rings. The Morgan fingerprint density at radius 1 is 1.09 bits per heavy atom. The first-order valence-corrected chi connectivity index (χ1v) is 12.6. The van der Waals surface area contributed by atoms with E-state index in [4.69, 9.17) is 23.2 Å². The molecule has 35 heavy (non-hydrogen) atoms. The minimum absolute atomic E-state index is 0.0436. The maximum Gasteiger partial charge on any atom is 0.254 e. The molecule has 4 rings (SSSR count). The van der Waals surface area contributed by atoms with Crippen molar-refractivity contribution in [2.75, 3.05) is 35.6 Å². The minimum Gasteiger partial charge on any atom is -0.353 e. The largest absolute Gasteiger partial charge is 0.353 e. The summed E-state index contributed by atoms with van der Waals surface area (Å²) in [7, 11) is 0. The minimum atomic E-state index is -0.373. The van der Waals surface area contributed by atoms with Crippen LogP contribution in [0.1, 0.15) is 17.3 Å². The number of rotatable bonds is 6. The second-order valence-corrected chi connectivity index (χ2v) is 9.74. The molecule has 7 nitrogen and oxygen atoms in total. The summed E-state index contributed by atoms with van der Waals surface area (Å²) in [6.45, 7) is 3.65. The van der Waals surface area contributed by atoms with Gasteiger partial charge in [-0.05, 0) is 55.5 Å². The molecule has 0 bridgehead atoms. The van der Waals surface area contributed by atoms with E-state index >= 15 is 0 Å². The van der Waals surface area contributed by atoms with Gasteiger partial charge in [0, 0.05) is 48.0 Å². The monoisotopic (exact) mass is 533 g/mol. The van der Waals surface area contributed by atoms with Gasteiger partial charge in [0.1, 0.15) is 16.8 Å². The molecule has 1 aromatic heterocycles. The smallest absolute Gasteiger partial charge is 0.254 e. The third-order valence-electron chi connectivity index (χ3n) is 5.42. The van der Waals surface area contributed by atoms with E-state index in [1.54, 1.807) is 30.3 Å². The fourth-order valence-corrected chi connectivity index (χ4v) is 4.71. The van der Waals surface area contributed by atoms with E-state index in [1.807, 2.05) is 16.7 Å². The summed E-state index contributed by atoms with van der Waals surface area (Å²) < 4.78 is 13.0. The predicted molar refractivity (Wildman–Crippen MR) is 137 cm³/mol. The molecule has 1 unspecified atom stereocenters. The zero-order valence-corrected chi connectivity index (χ0v) is 21.1. The molecule has 3 aromatic rings. The van der Waals surface area contributed by atoms with Gasteiger partial charge in [0.05, 0.1) is 5.75 Å². The number of aromatic nitrogens is 2. The molecule has 11 heteroatoms. The number of nitrogens with zero attached hydrogens (tertiary/aromatic N) is 4. The highest BCUT2D eigenvalue weighted by Gasteiger charge is 2.29. The Labute approximate surface area is 216 Å². The molecule has 1 atom stereocenters. The van der Waals surface area contributed by atoms with Crippen molar-refractivity contribution in [3.05, 3.63) is 76.2 Å². The summed E-state index contributed by atoms with van der Waals surface area (Å²) in [4.78, 5) is 37.8. The molecule has 2 heterocycles. The highest BCUT2D eigenvalue weighted by atomic mass is 35.5. The van der Waals surface area contributed by atoms with Crippen LogP contribution in [0.3, 0.4) is 0 Å². The Bertz CT molecular complexity index is 1210. The average molecular weight is 534 g/mol. The van der Waals surface area contributed by atoms with Crippen LogP contribution < -0.4 is 10.2 Å². The molecule has 0 spiro atoms. The summed E-state index contributed by atoms with van der Waals surface area (Å²) in [6.07, 6.45) is 0. The van der Waals surface area contributed by atoms with Crippen LogP contribution in [-0.4, -0.2) is 58.1 Å². The average Bonchev–Trinajstić information content (AvgIpc) is 2.84. The van der Waals surface area contributed by atoms with E-state index in [-0.39, 0.29) is 34.6 Å². The highest BCUT2D eigenvalue weighted by molar-refractivity contribution is 7.99. The van der Waals surface area contributed by atoms with E-state index in [1.165, 1.54) is 24.3 Å². The summed E-state index contributed by atoms with van der Waals surface area (Å²) in [5, 5.41) is 3.92. The van der Waals surface area contributed by atoms with Gasteiger partial charge in [-0.25, -0.2) is 14.4 Å². The van der Waals surface area contributed by atoms with Crippen LogP contribution in [0.4, 0.5) is 15.9 Å². The number of piperazine rings is 1. The fourth-order valence-electron chi connectivity index (χ4n) is 3.70. The van der Waals surface area contributed by atoms with Crippen molar-refractivity contribution in [2.24, 2.45) is 0 Å². The molecule has 0 aliphatic carbocycles. The van der Waals surface area contributed by atoms with Crippen LogP contribution in [0.5, 0.6) is 0 Å². The van der Waals surface area contributed by atoms with Crippen molar-refractivity contribution in [2.45, 2.75) is 18.1 Å². The van der Waals surface area contributed by atoms with Gasteiger partial charge in [-0.1, -0.05) is 35.0 Å². The first-order chi connectivity index (χ1) is 16.8. The van der Waals surface area contributed by atoms with Gasteiger partial charge in [-0.15, -0.1) is 0 Å². The summed E-state index contributed by atoms with van der Waals surface area (Å²) in [5.74, 6) is 0.0166. The second kappa shape index (κ2) is 11.2. The van der Waals surface area contributed by atoms with Crippen LogP contribution >= 0.6 is 35.0 Å². The fraction of sp³-hybridized carbons (Fsp3) is 0.250. The lowest BCUT2D eigenvalue weighted by molar-refractivity contribution is -0.113. The van der Waals surface area contributed by atoms with Crippen LogP contribution in [-0.2, 0) is 4.79 Å². The van der Waals surface area contributed by atoms with E-state index in [2.05, 4.69) is 15.3 Å². The SMILES string of the molecule is CC1CN(c2cc(Cl)nc(SCC(=O)Nc3ccc(F)cc3)n2)CCN1C(=O)c1ccc(Cl)cc1. The number of anilines is 2. The van der Waals surface area contributed by atoms with Crippen LogP contribution in [0, 0.1) is 5.82 Å². The van der Waals surface area contributed by atoms with E-state index in [0.717, 1.165) is 11.8 Å². The first-order valence-electron chi connectivity index (χ1n) is 10.8. The number of amides is 2. The van der Waals surface area contributed by atoms with Crippen LogP contribution in [0.2, 0.25) is 10.2 Å². The Morgan fingerprint density at radius 2 is 1.80 bits per heavy atom. The number of hydrogen-bond acceptors (Lipinski definition) is 6. The number of benzene rings is 2. The predicted octanol–water partition coefficient (Wildman–Crippen LogP) is 5.00. The lowest BCUT2D eigenvalue weighted by Crippen LogP contribution is -2.54.